The number of aromatic nitrogens is 5. The van der Waals surface area contributed by atoms with E-state index in [1.54, 1.807) is 37.0 Å². The first-order valence-corrected chi connectivity index (χ1v) is 12.2. The Balaban J connectivity index is 1.34. The fraction of sp³-hybridized carbons (Fsp3) is 0.259. The Morgan fingerprint density at radius 1 is 1.13 bits per heavy atom. The summed E-state index contributed by atoms with van der Waals surface area (Å²) in [4.78, 5) is 18.4. The van der Waals surface area contributed by atoms with Gasteiger partial charge >= 0.3 is 0 Å². The van der Waals surface area contributed by atoms with Crippen molar-refractivity contribution in [1.82, 2.24) is 29.5 Å². The fourth-order valence-electron chi connectivity index (χ4n) is 4.48. The molecule has 5 rings (SSSR count). The highest BCUT2D eigenvalue weighted by atomic mass is 16.5. The van der Waals surface area contributed by atoms with Gasteiger partial charge in [-0.2, -0.15) is 10.4 Å². The average Bonchev–Trinajstić information content (AvgIpc) is 3.36. The SMILES string of the molecule is COc1ccc(CN2CCN(c3ccc(-c4nc(/C(N)=C/C(C)=N)cn5ncc(C#N)c45)cn3)CC2)cn1. The zero-order valence-electron chi connectivity index (χ0n) is 21.3. The van der Waals surface area contributed by atoms with Crippen LogP contribution in [0.15, 0.2) is 55.1 Å². The van der Waals surface area contributed by atoms with E-state index < -0.39 is 0 Å². The lowest BCUT2D eigenvalue weighted by Gasteiger charge is -2.35. The van der Waals surface area contributed by atoms with Crippen molar-refractivity contribution < 1.29 is 4.74 Å². The highest BCUT2D eigenvalue weighted by Crippen LogP contribution is 2.28. The minimum absolute atomic E-state index is 0.316. The largest absolute Gasteiger partial charge is 0.481 e. The molecule has 3 N–H and O–H groups in total. The molecule has 0 atom stereocenters. The lowest BCUT2D eigenvalue weighted by Crippen LogP contribution is -2.46. The van der Waals surface area contributed by atoms with E-state index in [2.05, 4.69) is 26.0 Å². The molecule has 0 spiro atoms. The molecule has 38 heavy (non-hydrogen) atoms. The number of ether oxygens (including phenoxy) is 1. The number of rotatable bonds is 7. The third-order valence-electron chi connectivity index (χ3n) is 6.42. The maximum atomic E-state index is 9.62. The number of hydrogen-bond acceptors (Lipinski definition) is 10. The van der Waals surface area contributed by atoms with Gasteiger partial charge in [0.15, 0.2) is 0 Å². The van der Waals surface area contributed by atoms with Gasteiger partial charge in [-0.25, -0.2) is 19.5 Å². The summed E-state index contributed by atoms with van der Waals surface area (Å²) in [5, 5.41) is 21.6. The summed E-state index contributed by atoms with van der Waals surface area (Å²) in [6, 6.07) is 10.1. The van der Waals surface area contributed by atoms with E-state index in [1.807, 2.05) is 30.5 Å². The van der Waals surface area contributed by atoms with Gasteiger partial charge in [0.1, 0.15) is 28.7 Å². The highest BCUT2D eigenvalue weighted by molar-refractivity contribution is 5.96. The molecule has 0 radical (unpaired) electrons. The van der Waals surface area contributed by atoms with Gasteiger partial charge < -0.3 is 20.8 Å². The summed E-state index contributed by atoms with van der Waals surface area (Å²) in [6.07, 6.45) is 8.35. The smallest absolute Gasteiger partial charge is 0.212 e. The molecule has 5 heterocycles. The number of nitrogens with two attached hydrogens (primary N) is 1. The monoisotopic (exact) mass is 508 g/mol. The van der Waals surface area contributed by atoms with Crippen LogP contribution in [0.1, 0.15) is 23.7 Å². The standard InChI is InChI=1S/C27H28N10O/c1-18(29)11-22(30)23-17-37-27(21(12-28)15-33-37)26(34-23)20-4-5-24(31-14-20)36-9-7-35(8-10-36)16-19-3-6-25(38-2)32-13-19/h3-6,11,13-15,17,29H,7-10,16,30H2,1-2H3/b22-11-,29-18?. The number of nitrogens with zero attached hydrogens (tertiary/aromatic N) is 8. The number of nitriles is 1. The van der Waals surface area contributed by atoms with Crippen LogP contribution in [0.3, 0.4) is 0 Å². The summed E-state index contributed by atoms with van der Waals surface area (Å²) in [6.45, 7) is 6.04. The van der Waals surface area contributed by atoms with Gasteiger partial charge in [0.2, 0.25) is 5.88 Å². The Kier molecular flexibility index (Phi) is 6.97. The third-order valence-corrected chi connectivity index (χ3v) is 6.42. The van der Waals surface area contributed by atoms with E-state index in [4.69, 9.17) is 25.8 Å². The van der Waals surface area contributed by atoms with Gasteiger partial charge in [-0.05, 0) is 30.7 Å². The first-order chi connectivity index (χ1) is 18.4. The van der Waals surface area contributed by atoms with Gasteiger partial charge in [0.25, 0.3) is 0 Å². The van der Waals surface area contributed by atoms with Crippen LogP contribution in [0.25, 0.3) is 22.5 Å². The Labute approximate surface area is 220 Å². The van der Waals surface area contributed by atoms with Gasteiger partial charge in [-0.15, -0.1) is 0 Å². The van der Waals surface area contributed by atoms with Crippen molar-refractivity contribution in [3.63, 3.8) is 0 Å². The molecule has 0 aliphatic carbocycles. The topological polar surface area (TPSA) is 145 Å². The van der Waals surface area contributed by atoms with Crippen LogP contribution < -0.4 is 15.4 Å². The van der Waals surface area contributed by atoms with Gasteiger partial charge in [-0.1, -0.05) is 6.07 Å². The Hall–Kier alpha value is -4.82. The van der Waals surface area contributed by atoms with Crippen LogP contribution in [0, 0.1) is 16.7 Å². The molecule has 0 unspecified atom stereocenters. The second-order valence-electron chi connectivity index (χ2n) is 9.10. The van der Waals surface area contributed by atoms with E-state index in [0.29, 0.717) is 39.8 Å². The van der Waals surface area contributed by atoms with E-state index >= 15 is 0 Å². The van der Waals surface area contributed by atoms with E-state index in [1.165, 1.54) is 6.20 Å². The molecule has 1 saturated heterocycles. The second-order valence-corrected chi connectivity index (χ2v) is 9.10. The van der Waals surface area contributed by atoms with Crippen LogP contribution in [0.2, 0.25) is 0 Å². The quantitative estimate of drug-likeness (QED) is 0.360. The van der Waals surface area contributed by atoms with Crippen molar-refractivity contribution in [2.75, 3.05) is 38.2 Å². The molecule has 0 amide bonds. The van der Waals surface area contributed by atoms with E-state index in [0.717, 1.165) is 49.7 Å². The van der Waals surface area contributed by atoms with Gasteiger partial charge in [0, 0.05) is 62.5 Å². The van der Waals surface area contributed by atoms with Crippen LogP contribution in [0.4, 0.5) is 5.82 Å². The summed E-state index contributed by atoms with van der Waals surface area (Å²) in [5.41, 5.74) is 10.8. The zero-order chi connectivity index (χ0) is 26.6. The van der Waals surface area contributed by atoms with Crippen LogP contribution in [-0.2, 0) is 6.54 Å². The normalized spacial score (nSPS) is 14.4. The summed E-state index contributed by atoms with van der Waals surface area (Å²) >= 11 is 0. The maximum Gasteiger partial charge on any atom is 0.212 e. The number of hydrogen-bond donors (Lipinski definition) is 2. The van der Waals surface area contributed by atoms with Crippen LogP contribution in [0.5, 0.6) is 5.88 Å². The summed E-state index contributed by atoms with van der Waals surface area (Å²) in [7, 11) is 1.62. The first kappa shape index (κ1) is 24.9. The van der Waals surface area contributed by atoms with E-state index in [9.17, 15) is 5.26 Å². The number of piperazine rings is 1. The van der Waals surface area contributed by atoms with Crippen molar-refractivity contribution >= 4 is 22.7 Å². The molecule has 1 aliphatic rings. The van der Waals surface area contributed by atoms with Crippen molar-refractivity contribution in [2.24, 2.45) is 5.73 Å². The third kappa shape index (κ3) is 5.16. The minimum Gasteiger partial charge on any atom is -0.481 e. The molecule has 1 fully saturated rings. The average molecular weight is 509 g/mol. The number of pyridine rings is 2. The number of methoxy groups -OCH3 is 1. The van der Waals surface area contributed by atoms with Crippen LogP contribution in [-0.4, -0.2) is 68.5 Å². The molecule has 11 nitrogen and oxygen atoms in total. The lowest BCUT2D eigenvalue weighted by atomic mass is 10.1. The molecule has 4 aromatic rings. The van der Waals surface area contributed by atoms with Crippen molar-refractivity contribution in [3.05, 3.63) is 71.9 Å². The molecule has 0 saturated carbocycles. The molecular weight excluding hydrogens is 480 g/mol. The molecule has 1 aliphatic heterocycles. The Morgan fingerprint density at radius 3 is 2.58 bits per heavy atom. The number of nitrogens with one attached hydrogen (secondary N) is 1. The number of fused-ring (bicyclic) bond motifs is 1. The van der Waals surface area contributed by atoms with E-state index in [-0.39, 0.29) is 0 Å². The van der Waals surface area contributed by atoms with Crippen molar-refractivity contribution in [1.29, 1.82) is 10.7 Å². The first-order valence-electron chi connectivity index (χ1n) is 12.2. The summed E-state index contributed by atoms with van der Waals surface area (Å²) < 4.78 is 6.74. The van der Waals surface area contributed by atoms with Gasteiger partial charge in [-0.3, -0.25) is 4.90 Å². The number of allylic oxidation sites excluding steroid dienone is 1. The Bertz CT molecular complexity index is 1530. The zero-order valence-corrected chi connectivity index (χ0v) is 21.3. The Morgan fingerprint density at radius 2 is 1.95 bits per heavy atom. The van der Waals surface area contributed by atoms with Crippen molar-refractivity contribution in [2.45, 2.75) is 13.5 Å². The molecule has 0 bridgehead atoms. The molecule has 11 heteroatoms. The molecule has 4 aromatic heterocycles. The predicted octanol–water partition coefficient (Wildman–Crippen LogP) is 2.73. The highest BCUT2D eigenvalue weighted by Gasteiger charge is 2.20. The molecule has 192 valence electrons. The number of anilines is 1. The molecule has 0 aromatic carbocycles. The summed E-state index contributed by atoms with van der Waals surface area (Å²) in [5.74, 6) is 1.51. The predicted molar refractivity (Wildman–Crippen MR) is 145 cm³/mol. The fourth-order valence-corrected chi connectivity index (χ4v) is 4.48. The van der Waals surface area contributed by atoms with Gasteiger partial charge in [0.05, 0.1) is 30.9 Å². The minimum atomic E-state index is 0.316. The maximum absolute atomic E-state index is 9.62. The lowest BCUT2D eigenvalue weighted by molar-refractivity contribution is 0.249. The van der Waals surface area contributed by atoms with Crippen LogP contribution >= 0.6 is 0 Å². The van der Waals surface area contributed by atoms with Crippen molar-refractivity contribution in [3.8, 4) is 23.2 Å². The molecular formula is C27H28N10O. The second kappa shape index (κ2) is 10.7.